The van der Waals surface area contributed by atoms with Crippen LogP contribution in [0.5, 0.6) is 5.75 Å². The number of imidazole rings is 1. The molecule has 2 heterocycles. The number of nitrogens with one attached hydrogen (secondary N) is 1. The molecule has 0 spiro atoms. The van der Waals surface area contributed by atoms with Gasteiger partial charge in [0.15, 0.2) is 11.5 Å². The number of aromatic amines is 1. The average Bonchev–Trinajstić information content (AvgIpc) is 2.84. The van der Waals surface area contributed by atoms with Crippen LogP contribution in [0.2, 0.25) is 0 Å². The maximum atomic E-state index is 5.79. The number of hydrogen-bond acceptors (Lipinski definition) is 5. The predicted molar refractivity (Wildman–Crippen MR) is 72.8 cm³/mol. The van der Waals surface area contributed by atoms with Crippen LogP contribution in [0.1, 0.15) is 5.56 Å². The summed E-state index contributed by atoms with van der Waals surface area (Å²) < 4.78 is 5.35. The summed E-state index contributed by atoms with van der Waals surface area (Å²) >= 11 is 0. The fourth-order valence-electron chi connectivity index (χ4n) is 1.98. The molecule has 3 rings (SSSR count). The third-order valence-electron chi connectivity index (χ3n) is 2.93. The summed E-state index contributed by atoms with van der Waals surface area (Å²) in [4.78, 5) is 15.6. The van der Waals surface area contributed by atoms with E-state index in [0.717, 1.165) is 16.9 Å². The molecule has 0 saturated carbocycles. The molecule has 1 aromatic carbocycles. The number of fused-ring (bicyclic) bond motifs is 1. The number of benzene rings is 1. The second kappa shape index (κ2) is 4.24. The van der Waals surface area contributed by atoms with E-state index in [-0.39, 0.29) is 0 Å². The van der Waals surface area contributed by atoms with E-state index in [2.05, 4.69) is 19.9 Å². The average molecular weight is 255 g/mol. The number of H-pyrrole nitrogens is 1. The lowest BCUT2D eigenvalue weighted by Crippen LogP contribution is -1.92. The fourth-order valence-corrected chi connectivity index (χ4v) is 1.98. The van der Waals surface area contributed by atoms with Crippen LogP contribution < -0.4 is 10.5 Å². The van der Waals surface area contributed by atoms with Crippen LogP contribution >= 0.6 is 0 Å². The minimum atomic E-state index is 0.385. The molecule has 3 aromatic rings. The number of aryl methyl sites for hydroxylation is 1. The molecular formula is C13H13N5O. The van der Waals surface area contributed by atoms with Gasteiger partial charge in [0.25, 0.3) is 0 Å². The third-order valence-corrected chi connectivity index (χ3v) is 2.93. The Labute approximate surface area is 109 Å². The van der Waals surface area contributed by atoms with Crippen molar-refractivity contribution in [3.63, 3.8) is 0 Å². The Bertz CT molecular complexity index is 750. The van der Waals surface area contributed by atoms with Gasteiger partial charge < -0.3 is 15.5 Å². The van der Waals surface area contributed by atoms with Gasteiger partial charge in [-0.1, -0.05) is 11.6 Å². The smallest absolute Gasteiger partial charge is 0.183 e. The van der Waals surface area contributed by atoms with Gasteiger partial charge in [-0.3, -0.25) is 0 Å². The van der Waals surface area contributed by atoms with Gasteiger partial charge in [-0.2, -0.15) is 0 Å². The molecule has 96 valence electrons. The van der Waals surface area contributed by atoms with Gasteiger partial charge in [0.05, 0.1) is 12.7 Å². The molecule has 6 heteroatoms. The molecule has 2 aromatic heterocycles. The summed E-state index contributed by atoms with van der Waals surface area (Å²) in [6.45, 7) is 2.01. The van der Waals surface area contributed by atoms with Gasteiger partial charge in [0, 0.05) is 0 Å². The highest BCUT2D eigenvalue weighted by Crippen LogP contribution is 2.30. The van der Waals surface area contributed by atoms with Gasteiger partial charge in [-0.25, -0.2) is 15.0 Å². The molecule has 0 fully saturated rings. The minimum absolute atomic E-state index is 0.385. The van der Waals surface area contributed by atoms with Gasteiger partial charge >= 0.3 is 0 Å². The van der Waals surface area contributed by atoms with Crippen LogP contribution in [-0.2, 0) is 0 Å². The van der Waals surface area contributed by atoms with Crippen molar-refractivity contribution in [2.75, 3.05) is 12.8 Å². The molecule has 0 bridgehead atoms. The SMILES string of the molecule is COc1ccc(C)cc1-c1nc2ncnc(N)c2[nH]1. The van der Waals surface area contributed by atoms with E-state index in [9.17, 15) is 0 Å². The molecule has 0 unspecified atom stereocenters. The van der Waals surface area contributed by atoms with E-state index in [1.807, 2.05) is 25.1 Å². The van der Waals surface area contributed by atoms with Crippen molar-refractivity contribution in [1.82, 2.24) is 19.9 Å². The molecule has 0 radical (unpaired) electrons. The summed E-state index contributed by atoms with van der Waals surface area (Å²) in [5, 5.41) is 0. The topological polar surface area (TPSA) is 89.7 Å². The number of hydrogen-bond donors (Lipinski definition) is 2. The number of methoxy groups -OCH3 is 1. The molecule has 0 saturated heterocycles. The maximum Gasteiger partial charge on any atom is 0.183 e. The third kappa shape index (κ3) is 1.87. The Morgan fingerprint density at radius 1 is 1.26 bits per heavy atom. The summed E-state index contributed by atoms with van der Waals surface area (Å²) in [6.07, 6.45) is 1.40. The van der Waals surface area contributed by atoms with E-state index in [4.69, 9.17) is 10.5 Å². The number of nitrogen functional groups attached to an aromatic ring is 1. The van der Waals surface area contributed by atoms with Crippen LogP contribution in [0.4, 0.5) is 5.82 Å². The van der Waals surface area contributed by atoms with E-state index in [1.165, 1.54) is 6.33 Å². The molecular weight excluding hydrogens is 242 g/mol. The molecule has 3 N–H and O–H groups in total. The summed E-state index contributed by atoms with van der Waals surface area (Å²) in [7, 11) is 1.63. The molecule has 0 aliphatic heterocycles. The monoisotopic (exact) mass is 255 g/mol. The Kier molecular flexibility index (Phi) is 2.56. The van der Waals surface area contributed by atoms with Crippen molar-refractivity contribution in [1.29, 1.82) is 0 Å². The summed E-state index contributed by atoms with van der Waals surface area (Å²) in [6, 6.07) is 5.90. The largest absolute Gasteiger partial charge is 0.496 e. The number of ether oxygens (including phenoxy) is 1. The van der Waals surface area contributed by atoms with E-state index < -0.39 is 0 Å². The molecule has 0 aliphatic carbocycles. The van der Waals surface area contributed by atoms with E-state index in [0.29, 0.717) is 22.8 Å². The van der Waals surface area contributed by atoms with Crippen LogP contribution in [0.3, 0.4) is 0 Å². The summed E-state index contributed by atoms with van der Waals surface area (Å²) in [5.41, 5.74) is 8.98. The van der Waals surface area contributed by atoms with Gasteiger partial charge in [0.1, 0.15) is 23.4 Å². The Hall–Kier alpha value is -2.63. The highest BCUT2D eigenvalue weighted by atomic mass is 16.5. The summed E-state index contributed by atoms with van der Waals surface area (Å²) in [5.74, 6) is 1.80. The van der Waals surface area contributed by atoms with Crippen LogP contribution in [0.25, 0.3) is 22.6 Å². The quantitative estimate of drug-likeness (QED) is 0.730. The normalized spacial score (nSPS) is 10.8. The zero-order valence-corrected chi connectivity index (χ0v) is 10.6. The number of anilines is 1. The van der Waals surface area contributed by atoms with Crippen molar-refractivity contribution in [2.24, 2.45) is 0 Å². The Morgan fingerprint density at radius 2 is 2.11 bits per heavy atom. The van der Waals surface area contributed by atoms with Gasteiger partial charge in [0.2, 0.25) is 0 Å². The standard InChI is InChI=1S/C13H13N5O/c1-7-3-4-9(19-2)8(5-7)12-17-10-11(14)15-6-16-13(10)18-12/h3-6H,1-2H3,(H3,14,15,16,17,18). The Balaban J connectivity index is 2.24. The van der Waals surface area contributed by atoms with Crippen molar-refractivity contribution >= 4 is 17.0 Å². The predicted octanol–water partition coefficient (Wildman–Crippen LogP) is 1.92. The molecule has 19 heavy (non-hydrogen) atoms. The van der Waals surface area contributed by atoms with Gasteiger partial charge in [-0.15, -0.1) is 0 Å². The minimum Gasteiger partial charge on any atom is -0.496 e. The molecule has 0 atom stereocenters. The number of nitrogens with zero attached hydrogens (tertiary/aromatic N) is 3. The first-order chi connectivity index (χ1) is 9.19. The first kappa shape index (κ1) is 11.5. The lowest BCUT2D eigenvalue weighted by molar-refractivity contribution is 0.416. The van der Waals surface area contributed by atoms with Crippen molar-refractivity contribution < 1.29 is 4.74 Å². The van der Waals surface area contributed by atoms with Gasteiger partial charge in [-0.05, 0) is 19.1 Å². The molecule has 6 nitrogen and oxygen atoms in total. The van der Waals surface area contributed by atoms with Crippen LogP contribution in [0, 0.1) is 6.92 Å². The lowest BCUT2D eigenvalue weighted by Gasteiger charge is -2.06. The fraction of sp³-hybridized carbons (Fsp3) is 0.154. The number of nitrogens with two attached hydrogens (primary N) is 1. The number of rotatable bonds is 2. The first-order valence-electron chi connectivity index (χ1n) is 5.80. The Morgan fingerprint density at radius 3 is 2.84 bits per heavy atom. The van der Waals surface area contributed by atoms with Crippen molar-refractivity contribution in [2.45, 2.75) is 6.92 Å². The van der Waals surface area contributed by atoms with Crippen molar-refractivity contribution in [3.8, 4) is 17.1 Å². The van der Waals surface area contributed by atoms with Crippen LogP contribution in [-0.4, -0.2) is 27.0 Å². The lowest BCUT2D eigenvalue weighted by atomic mass is 10.1. The van der Waals surface area contributed by atoms with Crippen LogP contribution in [0.15, 0.2) is 24.5 Å². The first-order valence-corrected chi connectivity index (χ1v) is 5.80. The zero-order valence-electron chi connectivity index (χ0n) is 10.6. The number of aromatic nitrogens is 4. The second-order valence-electron chi connectivity index (χ2n) is 4.25. The zero-order chi connectivity index (χ0) is 13.4. The highest BCUT2D eigenvalue weighted by Gasteiger charge is 2.13. The van der Waals surface area contributed by atoms with E-state index >= 15 is 0 Å². The second-order valence-corrected chi connectivity index (χ2v) is 4.25. The molecule has 0 aliphatic rings. The highest BCUT2D eigenvalue weighted by molar-refractivity contribution is 5.85. The van der Waals surface area contributed by atoms with Crippen molar-refractivity contribution in [3.05, 3.63) is 30.1 Å². The molecule has 0 amide bonds. The maximum absolute atomic E-state index is 5.79. The van der Waals surface area contributed by atoms with E-state index in [1.54, 1.807) is 7.11 Å².